The minimum atomic E-state index is -3.66. The summed E-state index contributed by atoms with van der Waals surface area (Å²) in [5.41, 5.74) is 4.12. The number of hydrogen-bond donors (Lipinski definition) is 0. The molecule has 2 heterocycles. The van der Waals surface area contributed by atoms with Crippen molar-refractivity contribution in [3.05, 3.63) is 89.5 Å². The summed E-state index contributed by atoms with van der Waals surface area (Å²) >= 11 is 1.52. The SMILES string of the molecule is Cc1ccc(C)c2sc(N(Cc3ccccc3)C(=O)C3CCCN(S(=O)(=O)c4ccccc4)C3)nc12. The zero-order valence-electron chi connectivity index (χ0n) is 20.4. The van der Waals surface area contributed by atoms with Crippen LogP contribution in [0.1, 0.15) is 29.5 Å². The fraction of sp³-hybridized carbons (Fsp3) is 0.286. The maximum absolute atomic E-state index is 14.0. The summed E-state index contributed by atoms with van der Waals surface area (Å²) in [7, 11) is -3.66. The van der Waals surface area contributed by atoms with Gasteiger partial charge in [-0.1, -0.05) is 72.0 Å². The van der Waals surface area contributed by atoms with Gasteiger partial charge in [0.2, 0.25) is 15.9 Å². The zero-order valence-corrected chi connectivity index (χ0v) is 22.1. The Morgan fingerprint density at radius 2 is 1.67 bits per heavy atom. The number of rotatable bonds is 6. The van der Waals surface area contributed by atoms with Gasteiger partial charge < -0.3 is 0 Å². The first-order valence-electron chi connectivity index (χ1n) is 12.1. The molecule has 0 bridgehead atoms. The van der Waals surface area contributed by atoms with Gasteiger partial charge in [-0.05, 0) is 55.5 Å². The number of aryl methyl sites for hydroxylation is 2. The third-order valence-electron chi connectivity index (χ3n) is 6.73. The van der Waals surface area contributed by atoms with Crippen LogP contribution in [0.5, 0.6) is 0 Å². The van der Waals surface area contributed by atoms with E-state index in [-0.39, 0.29) is 17.3 Å². The molecular weight excluding hydrogens is 490 g/mol. The number of fused-ring (bicyclic) bond motifs is 1. The lowest BCUT2D eigenvalue weighted by Crippen LogP contribution is -2.46. The van der Waals surface area contributed by atoms with Crippen molar-refractivity contribution in [3.63, 3.8) is 0 Å². The molecule has 4 aromatic rings. The number of benzene rings is 3. The van der Waals surface area contributed by atoms with E-state index in [4.69, 9.17) is 4.98 Å². The van der Waals surface area contributed by atoms with Gasteiger partial charge >= 0.3 is 0 Å². The van der Waals surface area contributed by atoms with Gasteiger partial charge in [0.1, 0.15) is 0 Å². The molecule has 1 unspecified atom stereocenters. The van der Waals surface area contributed by atoms with Crippen molar-refractivity contribution in [2.75, 3.05) is 18.0 Å². The molecule has 1 amide bonds. The predicted octanol–water partition coefficient (Wildman–Crippen LogP) is 5.55. The molecule has 1 saturated heterocycles. The number of piperidine rings is 1. The highest BCUT2D eigenvalue weighted by molar-refractivity contribution is 7.89. The van der Waals surface area contributed by atoms with Crippen molar-refractivity contribution in [2.24, 2.45) is 5.92 Å². The second-order valence-electron chi connectivity index (χ2n) is 9.30. The van der Waals surface area contributed by atoms with Crippen molar-refractivity contribution in [1.82, 2.24) is 9.29 Å². The smallest absolute Gasteiger partial charge is 0.243 e. The molecule has 1 atom stereocenters. The monoisotopic (exact) mass is 519 g/mol. The van der Waals surface area contributed by atoms with Crippen LogP contribution < -0.4 is 4.90 Å². The third kappa shape index (κ3) is 4.81. The first kappa shape index (κ1) is 24.6. The fourth-order valence-corrected chi connectivity index (χ4v) is 7.35. The fourth-order valence-electron chi connectivity index (χ4n) is 4.69. The normalized spacial score (nSPS) is 16.8. The Morgan fingerprint density at radius 3 is 2.36 bits per heavy atom. The topological polar surface area (TPSA) is 70.6 Å². The van der Waals surface area contributed by atoms with Crippen LogP contribution in [0.3, 0.4) is 0 Å². The lowest BCUT2D eigenvalue weighted by molar-refractivity contribution is -0.123. The first-order valence-corrected chi connectivity index (χ1v) is 14.4. The first-order chi connectivity index (χ1) is 17.3. The second kappa shape index (κ2) is 10.1. The van der Waals surface area contributed by atoms with E-state index < -0.39 is 15.9 Å². The van der Waals surface area contributed by atoms with Crippen LogP contribution in [0.2, 0.25) is 0 Å². The van der Waals surface area contributed by atoms with E-state index in [1.54, 1.807) is 35.2 Å². The summed E-state index contributed by atoms with van der Waals surface area (Å²) in [5.74, 6) is -0.517. The van der Waals surface area contributed by atoms with Crippen LogP contribution in [0.15, 0.2) is 77.7 Å². The van der Waals surface area contributed by atoms with Gasteiger partial charge in [-0.2, -0.15) is 4.31 Å². The molecule has 6 nitrogen and oxygen atoms in total. The molecule has 0 radical (unpaired) electrons. The number of sulfonamides is 1. The number of carbonyl (C=O) groups excluding carboxylic acids is 1. The summed E-state index contributed by atoms with van der Waals surface area (Å²) < 4.78 is 29.1. The van der Waals surface area contributed by atoms with Crippen LogP contribution in [-0.4, -0.2) is 36.7 Å². The number of thiazole rings is 1. The Hall–Kier alpha value is -3.07. The molecule has 0 spiro atoms. The van der Waals surface area contributed by atoms with Crippen molar-refractivity contribution in [2.45, 2.75) is 38.1 Å². The largest absolute Gasteiger partial charge is 0.283 e. The Balaban J connectivity index is 1.48. The minimum absolute atomic E-state index is 0.0822. The van der Waals surface area contributed by atoms with E-state index in [0.717, 1.165) is 26.9 Å². The third-order valence-corrected chi connectivity index (χ3v) is 9.82. The molecule has 1 aliphatic heterocycles. The van der Waals surface area contributed by atoms with Gasteiger partial charge in [-0.15, -0.1) is 0 Å². The zero-order chi connectivity index (χ0) is 25.3. The quantitative estimate of drug-likeness (QED) is 0.335. The molecule has 0 aliphatic carbocycles. The van der Waals surface area contributed by atoms with Gasteiger partial charge in [-0.3, -0.25) is 9.69 Å². The van der Waals surface area contributed by atoms with E-state index in [1.165, 1.54) is 15.6 Å². The van der Waals surface area contributed by atoms with E-state index in [2.05, 4.69) is 19.1 Å². The van der Waals surface area contributed by atoms with E-state index in [0.29, 0.717) is 31.1 Å². The molecule has 1 aromatic heterocycles. The molecule has 186 valence electrons. The van der Waals surface area contributed by atoms with Gasteiger partial charge in [0.15, 0.2) is 5.13 Å². The molecule has 8 heteroatoms. The second-order valence-corrected chi connectivity index (χ2v) is 12.2. The summed E-state index contributed by atoms with van der Waals surface area (Å²) in [5, 5.41) is 0.652. The van der Waals surface area contributed by atoms with E-state index in [1.807, 2.05) is 37.3 Å². The average Bonchev–Trinajstić information content (AvgIpc) is 3.37. The Labute approximate surface area is 216 Å². The standard InChI is InChI=1S/C28H29N3O3S2/c1-20-15-16-21(2)26-25(20)29-28(35-26)31(18-22-10-5-3-6-11-22)27(32)23-12-9-17-30(19-23)36(33,34)24-13-7-4-8-14-24/h3-8,10-11,13-16,23H,9,12,17-19H2,1-2H3. The van der Waals surface area contributed by atoms with Gasteiger partial charge in [0.25, 0.3) is 0 Å². The molecule has 5 rings (SSSR count). The number of anilines is 1. The van der Waals surface area contributed by atoms with Gasteiger partial charge in [0.05, 0.1) is 27.6 Å². The molecule has 3 aromatic carbocycles. The summed E-state index contributed by atoms with van der Waals surface area (Å²) in [4.78, 5) is 20.9. The van der Waals surface area contributed by atoms with Crippen LogP contribution in [0.25, 0.3) is 10.2 Å². The van der Waals surface area contributed by atoms with Crippen LogP contribution >= 0.6 is 11.3 Å². The maximum atomic E-state index is 14.0. The maximum Gasteiger partial charge on any atom is 0.243 e. The molecule has 0 N–H and O–H groups in total. The van der Waals surface area contributed by atoms with Crippen molar-refractivity contribution in [1.29, 1.82) is 0 Å². The van der Waals surface area contributed by atoms with Crippen molar-refractivity contribution < 1.29 is 13.2 Å². The Bertz CT molecular complexity index is 1450. The van der Waals surface area contributed by atoms with Crippen LogP contribution in [0, 0.1) is 19.8 Å². The molecule has 1 aliphatic rings. The van der Waals surface area contributed by atoms with E-state index in [9.17, 15) is 13.2 Å². The number of aromatic nitrogens is 1. The summed E-state index contributed by atoms with van der Waals surface area (Å²) in [6.45, 7) is 5.06. The highest BCUT2D eigenvalue weighted by Gasteiger charge is 2.36. The predicted molar refractivity (Wildman–Crippen MR) is 145 cm³/mol. The number of hydrogen-bond acceptors (Lipinski definition) is 5. The molecule has 36 heavy (non-hydrogen) atoms. The molecule has 0 saturated carbocycles. The van der Waals surface area contributed by atoms with Gasteiger partial charge in [0, 0.05) is 13.1 Å². The van der Waals surface area contributed by atoms with Gasteiger partial charge in [-0.25, -0.2) is 13.4 Å². The minimum Gasteiger partial charge on any atom is -0.283 e. The highest BCUT2D eigenvalue weighted by Crippen LogP contribution is 2.35. The van der Waals surface area contributed by atoms with Crippen molar-refractivity contribution in [3.8, 4) is 0 Å². The van der Waals surface area contributed by atoms with E-state index >= 15 is 0 Å². The molecular formula is C28H29N3O3S2. The number of carbonyl (C=O) groups is 1. The van der Waals surface area contributed by atoms with Crippen LogP contribution in [-0.2, 0) is 21.4 Å². The van der Waals surface area contributed by atoms with Crippen LogP contribution in [0.4, 0.5) is 5.13 Å². The highest BCUT2D eigenvalue weighted by atomic mass is 32.2. The van der Waals surface area contributed by atoms with Crippen molar-refractivity contribution >= 4 is 42.6 Å². The average molecular weight is 520 g/mol. The lowest BCUT2D eigenvalue weighted by atomic mass is 9.98. The summed E-state index contributed by atoms with van der Waals surface area (Å²) in [6, 6.07) is 22.4. The Kier molecular flexibility index (Phi) is 6.92. The number of nitrogens with zero attached hydrogens (tertiary/aromatic N) is 3. The Morgan fingerprint density at radius 1 is 1.00 bits per heavy atom. The molecule has 1 fully saturated rings. The lowest BCUT2D eigenvalue weighted by Gasteiger charge is -2.33. The summed E-state index contributed by atoms with van der Waals surface area (Å²) in [6.07, 6.45) is 1.29. The number of amides is 1.